The van der Waals surface area contributed by atoms with E-state index in [1.807, 2.05) is 0 Å². The molecule has 2 rings (SSSR count). The van der Waals surface area contributed by atoms with Crippen LogP contribution in [0.5, 0.6) is 5.75 Å². The molecular formula is C13H22N4O. The Morgan fingerprint density at radius 1 is 1.33 bits per heavy atom. The molecule has 0 spiro atoms. The van der Waals surface area contributed by atoms with Gasteiger partial charge in [-0.25, -0.2) is 9.97 Å². The Balaban J connectivity index is 2.00. The summed E-state index contributed by atoms with van der Waals surface area (Å²) in [5, 5.41) is 3.43. The molecule has 0 bridgehead atoms. The van der Waals surface area contributed by atoms with Crippen molar-refractivity contribution in [2.45, 2.75) is 45.1 Å². The second kappa shape index (κ2) is 5.89. The molecule has 1 aliphatic rings. The van der Waals surface area contributed by atoms with Crippen LogP contribution in [0, 0.1) is 5.92 Å². The van der Waals surface area contributed by atoms with Crippen LogP contribution in [0.2, 0.25) is 0 Å². The van der Waals surface area contributed by atoms with Crippen LogP contribution in [0.15, 0.2) is 6.33 Å². The monoisotopic (exact) mass is 250 g/mol. The smallest absolute Gasteiger partial charge is 0.203 e. The Hall–Kier alpha value is -1.52. The molecule has 1 heterocycles. The number of aromatic nitrogens is 2. The van der Waals surface area contributed by atoms with Gasteiger partial charge in [0.2, 0.25) is 5.75 Å². The fraction of sp³-hybridized carbons (Fsp3) is 0.692. The zero-order valence-electron chi connectivity index (χ0n) is 11.1. The van der Waals surface area contributed by atoms with Gasteiger partial charge in [-0.15, -0.1) is 0 Å². The molecule has 5 nitrogen and oxygen atoms in total. The van der Waals surface area contributed by atoms with E-state index in [1.165, 1.54) is 38.4 Å². The minimum Gasteiger partial charge on any atom is -0.490 e. The summed E-state index contributed by atoms with van der Waals surface area (Å²) in [4.78, 5) is 8.15. The molecule has 100 valence electrons. The third-order valence-corrected chi connectivity index (χ3v) is 3.80. The van der Waals surface area contributed by atoms with Crippen molar-refractivity contribution >= 4 is 11.6 Å². The average molecular weight is 250 g/mol. The highest BCUT2D eigenvalue weighted by Crippen LogP contribution is 2.32. The molecule has 0 atom stereocenters. The third-order valence-electron chi connectivity index (χ3n) is 3.80. The standard InChI is InChI=1S/C13H22N4O/c1-3-9-4-6-10(7-5-9)17-13-11(18-2)12(14)15-8-16-13/h8-10H,3-7H2,1-2H3,(H3,14,15,16,17). The summed E-state index contributed by atoms with van der Waals surface area (Å²) in [5.41, 5.74) is 5.76. The molecule has 0 amide bonds. The lowest BCUT2D eigenvalue weighted by molar-refractivity contribution is 0.329. The first-order valence-electron chi connectivity index (χ1n) is 6.65. The molecule has 18 heavy (non-hydrogen) atoms. The summed E-state index contributed by atoms with van der Waals surface area (Å²) in [5.74, 6) is 2.54. The lowest BCUT2D eigenvalue weighted by atomic mass is 9.84. The maximum atomic E-state index is 5.76. The van der Waals surface area contributed by atoms with Crippen LogP contribution in [-0.4, -0.2) is 23.1 Å². The van der Waals surface area contributed by atoms with Gasteiger partial charge in [0.25, 0.3) is 0 Å². The number of anilines is 2. The highest BCUT2D eigenvalue weighted by molar-refractivity contribution is 5.61. The average Bonchev–Trinajstić information content (AvgIpc) is 2.40. The molecule has 1 aromatic heterocycles. The molecule has 0 radical (unpaired) electrons. The molecule has 0 aliphatic heterocycles. The van der Waals surface area contributed by atoms with Crippen molar-refractivity contribution in [3.05, 3.63) is 6.33 Å². The van der Waals surface area contributed by atoms with Crippen molar-refractivity contribution in [2.24, 2.45) is 5.92 Å². The van der Waals surface area contributed by atoms with Crippen molar-refractivity contribution in [3.8, 4) is 5.75 Å². The van der Waals surface area contributed by atoms with E-state index in [0.717, 1.165) is 5.92 Å². The molecule has 3 N–H and O–H groups in total. The molecular weight excluding hydrogens is 228 g/mol. The van der Waals surface area contributed by atoms with E-state index >= 15 is 0 Å². The number of nitrogens with zero attached hydrogens (tertiary/aromatic N) is 2. The van der Waals surface area contributed by atoms with Gasteiger partial charge in [0.15, 0.2) is 11.6 Å². The predicted molar refractivity (Wildman–Crippen MR) is 72.7 cm³/mol. The summed E-state index contributed by atoms with van der Waals surface area (Å²) >= 11 is 0. The van der Waals surface area contributed by atoms with E-state index in [-0.39, 0.29) is 0 Å². The predicted octanol–water partition coefficient (Wildman–Crippen LogP) is 2.45. The number of hydrogen-bond donors (Lipinski definition) is 2. The Labute approximate surface area is 108 Å². The second-order valence-corrected chi connectivity index (χ2v) is 4.91. The van der Waals surface area contributed by atoms with Gasteiger partial charge in [-0.05, 0) is 31.6 Å². The second-order valence-electron chi connectivity index (χ2n) is 4.91. The maximum absolute atomic E-state index is 5.76. The molecule has 0 unspecified atom stereocenters. The van der Waals surface area contributed by atoms with E-state index in [4.69, 9.17) is 10.5 Å². The van der Waals surface area contributed by atoms with E-state index in [0.29, 0.717) is 23.4 Å². The third kappa shape index (κ3) is 2.83. The zero-order chi connectivity index (χ0) is 13.0. The Bertz CT molecular complexity index is 389. The van der Waals surface area contributed by atoms with E-state index in [1.54, 1.807) is 7.11 Å². The minimum absolute atomic E-state index is 0.386. The summed E-state index contributed by atoms with van der Waals surface area (Å²) in [6.45, 7) is 2.27. The number of rotatable bonds is 4. The number of methoxy groups -OCH3 is 1. The van der Waals surface area contributed by atoms with Crippen molar-refractivity contribution in [2.75, 3.05) is 18.2 Å². The normalized spacial score (nSPS) is 23.7. The quantitative estimate of drug-likeness (QED) is 0.858. The van der Waals surface area contributed by atoms with Crippen LogP contribution in [0.3, 0.4) is 0 Å². The van der Waals surface area contributed by atoms with Crippen LogP contribution in [-0.2, 0) is 0 Å². The molecule has 1 saturated carbocycles. The van der Waals surface area contributed by atoms with E-state index in [9.17, 15) is 0 Å². The van der Waals surface area contributed by atoms with E-state index < -0.39 is 0 Å². The SMILES string of the molecule is CCC1CCC(Nc2ncnc(N)c2OC)CC1. The summed E-state index contributed by atoms with van der Waals surface area (Å²) in [6.07, 6.45) is 7.71. The van der Waals surface area contributed by atoms with Crippen LogP contribution in [0.1, 0.15) is 39.0 Å². The Kier molecular flexibility index (Phi) is 4.23. The Morgan fingerprint density at radius 2 is 2.06 bits per heavy atom. The molecule has 0 saturated heterocycles. The first-order chi connectivity index (χ1) is 8.74. The van der Waals surface area contributed by atoms with Gasteiger partial charge in [0.05, 0.1) is 7.11 Å². The molecule has 1 aromatic rings. The fourth-order valence-electron chi connectivity index (χ4n) is 2.60. The number of nitrogen functional groups attached to an aromatic ring is 1. The highest BCUT2D eigenvalue weighted by Gasteiger charge is 2.21. The molecule has 1 aliphatic carbocycles. The first kappa shape index (κ1) is 12.9. The van der Waals surface area contributed by atoms with Gasteiger partial charge in [-0.3, -0.25) is 0 Å². The van der Waals surface area contributed by atoms with Gasteiger partial charge < -0.3 is 15.8 Å². The van der Waals surface area contributed by atoms with Crippen molar-refractivity contribution in [1.29, 1.82) is 0 Å². The lowest BCUT2D eigenvalue weighted by Crippen LogP contribution is -2.26. The van der Waals surface area contributed by atoms with Crippen LogP contribution in [0.25, 0.3) is 0 Å². The van der Waals surface area contributed by atoms with Gasteiger partial charge in [0, 0.05) is 6.04 Å². The van der Waals surface area contributed by atoms with Crippen molar-refractivity contribution in [3.63, 3.8) is 0 Å². The molecule has 1 fully saturated rings. The van der Waals surface area contributed by atoms with Gasteiger partial charge in [0.1, 0.15) is 6.33 Å². The van der Waals surface area contributed by atoms with Crippen molar-refractivity contribution in [1.82, 2.24) is 9.97 Å². The first-order valence-corrected chi connectivity index (χ1v) is 6.65. The van der Waals surface area contributed by atoms with Crippen LogP contribution >= 0.6 is 0 Å². The largest absolute Gasteiger partial charge is 0.490 e. The number of ether oxygens (including phenoxy) is 1. The van der Waals surface area contributed by atoms with Crippen LogP contribution < -0.4 is 15.8 Å². The summed E-state index contributed by atoms with van der Waals surface area (Å²) < 4.78 is 5.25. The zero-order valence-corrected chi connectivity index (χ0v) is 11.1. The molecule has 0 aromatic carbocycles. The van der Waals surface area contributed by atoms with Gasteiger partial charge >= 0.3 is 0 Å². The molecule has 5 heteroatoms. The van der Waals surface area contributed by atoms with Gasteiger partial charge in [-0.1, -0.05) is 13.3 Å². The number of hydrogen-bond acceptors (Lipinski definition) is 5. The van der Waals surface area contributed by atoms with Crippen LogP contribution in [0.4, 0.5) is 11.6 Å². The number of nitrogens with one attached hydrogen (secondary N) is 1. The maximum Gasteiger partial charge on any atom is 0.203 e. The summed E-state index contributed by atoms with van der Waals surface area (Å²) in [6, 6.07) is 0.469. The van der Waals surface area contributed by atoms with Crippen molar-refractivity contribution < 1.29 is 4.74 Å². The minimum atomic E-state index is 0.386. The number of nitrogens with two attached hydrogens (primary N) is 1. The fourth-order valence-corrected chi connectivity index (χ4v) is 2.60. The Morgan fingerprint density at radius 3 is 2.67 bits per heavy atom. The topological polar surface area (TPSA) is 73.1 Å². The lowest BCUT2D eigenvalue weighted by Gasteiger charge is -2.29. The van der Waals surface area contributed by atoms with Gasteiger partial charge in [-0.2, -0.15) is 0 Å². The summed E-state index contributed by atoms with van der Waals surface area (Å²) in [7, 11) is 1.59. The van der Waals surface area contributed by atoms with E-state index in [2.05, 4.69) is 22.2 Å². The highest BCUT2D eigenvalue weighted by atomic mass is 16.5.